The monoisotopic (exact) mass is 328 g/mol. The van der Waals surface area contributed by atoms with Gasteiger partial charge in [-0.2, -0.15) is 0 Å². The molecule has 6 nitrogen and oxygen atoms in total. The fourth-order valence-electron chi connectivity index (χ4n) is 3.14. The van der Waals surface area contributed by atoms with Crippen molar-refractivity contribution in [3.05, 3.63) is 45.3 Å². The van der Waals surface area contributed by atoms with Crippen LogP contribution in [0.5, 0.6) is 0 Å². The molecule has 0 N–H and O–H groups in total. The molecule has 0 atom stereocenters. The maximum Gasteiger partial charge on any atom is 0.336 e. The Bertz CT molecular complexity index is 898. The van der Waals surface area contributed by atoms with Gasteiger partial charge in [-0.3, -0.25) is 9.69 Å². The van der Waals surface area contributed by atoms with Crippen molar-refractivity contribution in [2.75, 3.05) is 13.6 Å². The normalized spacial score (nSPS) is 15.2. The number of amides is 3. The van der Waals surface area contributed by atoms with Crippen LogP contribution in [-0.4, -0.2) is 35.3 Å². The molecule has 126 valence electrons. The van der Waals surface area contributed by atoms with E-state index in [1.165, 1.54) is 15.9 Å². The van der Waals surface area contributed by atoms with E-state index < -0.39 is 5.63 Å². The third-order valence-electron chi connectivity index (χ3n) is 4.40. The number of carbonyl (C=O) groups is 2. The van der Waals surface area contributed by atoms with Crippen molar-refractivity contribution < 1.29 is 14.0 Å². The van der Waals surface area contributed by atoms with E-state index in [0.29, 0.717) is 17.1 Å². The highest BCUT2D eigenvalue weighted by molar-refractivity contribution is 6.02. The summed E-state index contributed by atoms with van der Waals surface area (Å²) in [5.41, 5.74) is 2.81. The summed E-state index contributed by atoms with van der Waals surface area (Å²) in [7, 11) is 1.58. The molecule has 1 aromatic carbocycles. The first-order valence-electron chi connectivity index (χ1n) is 7.90. The molecule has 0 bridgehead atoms. The summed E-state index contributed by atoms with van der Waals surface area (Å²) >= 11 is 0. The Hall–Kier alpha value is -2.63. The highest BCUT2D eigenvalue weighted by atomic mass is 16.4. The van der Waals surface area contributed by atoms with E-state index in [2.05, 4.69) is 13.8 Å². The SMILES string of the molecule is Cc1cc2oc(=O)cc(CN3C(=O)CN(C)C3=O)c2cc1C(C)C. The molecule has 0 radical (unpaired) electrons. The van der Waals surface area contributed by atoms with E-state index in [0.717, 1.165) is 16.5 Å². The lowest BCUT2D eigenvalue weighted by atomic mass is 9.95. The standard InChI is InChI=1S/C18H20N2O4/c1-10(2)13-7-14-12(6-17(22)24-15(14)5-11(13)3)8-20-16(21)9-19(4)18(20)23/h5-7,10H,8-9H2,1-4H3. The molecule has 1 saturated heterocycles. The van der Waals surface area contributed by atoms with E-state index in [9.17, 15) is 14.4 Å². The Morgan fingerprint density at radius 1 is 1.17 bits per heavy atom. The van der Waals surface area contributed by atoms with Crippen LogP contribution in [0.25, 0.3) is 11.0 Å². The minimum atomic E-state index is -0.485. The van der Waals surface area contributed by atoms with E-state index in [-0.39, 0.29) is 25.0 Å². The van der Waals surface area contributed by atoms with Crippen molar-refractivity contribution in [1.82, 2.24) is 9.80 Å². The van der Waals surface area contributed by atoms with E-state index in [4.69, 9.17) is 4.42 Å². The molecule has 6 heteroatoms. The summed E-state index contributed by atoms with van der Waals surface area (Å²) in [5.74, 6) is 0.0513. The molecular weight excluding hydrogens is 308 g/mol. The Labute approximate surface area is 139 Å². The summed E-state index contributed by atoms with van der Waals surface area (Å²) in [6.45, 7) is 6.30. The van der Waals surface area contributed by atoms with Gasteiger partial charge in [0.05, 0.1) is 6.54 Å². The van der Waals surface area contributed by atoms with E-state index in [1.54, 1.807) is 7.05 Å². The number of nitrogens with zero attached hydrogens (tertiary/aromatic N) is 2. The minimum Gasteiger partial charge on any atom is -0.423 e. The quantitative estimate of drug-likeness (QED) is 0.641. The number of rotatable bonds is 3. The smallest absolute Gasteiger partial charge is 0.336 e. The van der Waals surface area contributed by atoms with Gasteiger partial charge in [0.1, 0.15) is 12.1 Å². The van der Waals surface area contributed by atoms with Crippen LogP contribution >= 0.6 is 0 Å². The molecule has 1 aliphatic rings. The minimum absolute atomic E-state index is 0.0640. The number of hydrogen-bond donors (Lipinski definition) is 0. The molecule has 3 rings (SSSR count). The lowest BCUT2D eigenvalue weighted by Gasteiger charge is -2.17. The van der Waals surface area contributed by atoms with Gasteiger partial charge in [-0.15, -0.1) is 0 Å². The molecular formula is C18H20N2O4. The van der Waals surface area contributed by atoms with E-state index in [1.807, 2.05) is 19.1 Å². The second-order valence-corrected chi connectivity index (χ2v) is 6.57. The lowest BCUT2D eigenvalue weighted by molar-refractivity contribution is -0.125. The van der Waals surface area contributed by atoms with Gasteiger partial charge in [0.15, 0.2) is 0 Å². The summed E-state index contributed by atoms with van der Waals surface area (Å²) < 4.78 is 5.30. The van der Waals surface area contributed by atoms with Crippen LogP contribution in [0.15, 0.2) is 27.4 Å². The molecule has 1 aliphatic heterocycles. The van der Waals surface area contributed by atoms with Gasteiger partial charge in [-0.05, 0) is 41.7 Å². The van der Waals surface area contributed by atoms with Crippen molar-refractivity contribution in [3.63, 3.8) is 0 Å². The number of hydrogen-bond acceptors (Lipinski definition) is 4. The van der Waals surface area contributed by atoms with Crippen molar-refractivity contribution in [3.8, 4) is 0 Å². The molecule has 2 aromatic rings. The Kier molecular flexibility index (Phi) is 3.91. The van der Waals surface area contributed by atoms with Crippen LogP contribution in [0.3, 0.4) is 0 Å². The Morgan fingerprint density at radius 3 is 2.46 bits per heavy atom. The first-order valence-corrected chi connectivity index (χ1v) is 7.90. The van der Waals surface area contributed by atoms with Gasteiger partial charge in [0, 0.05) is 18.5 Å². The number of carbonyl (C=O) groups excluding carboxylic acids is 2. The average molecular weight is 328 g/mol. The number of imide groups is 1. The van der Waals surface area contributed by atoms with Crippen LogP contribution in [0.1, 0.15) is 36.5 Å². The van der Waals surface area contributed by atoms with Crippen LogP contribution in [-0.2, 0) is 11.3 Å². The second kappa shape index (κ2) is 5.78. The Balaban J connectivity index is 2.13. The molecule has 0 saturated carbocycles. The zero-order valence-corrected chi connectivity index (χ0v) is 14.3. The summed E-state index contributed by atoms with van der Waals surface area (Å²) in [6.07, 6.45) is 0. The first-order chi connectivity index (χ1) is 11.3. The van der Waals surface area contributed by atoms with Crippen LogP contribution in [0.2, 0.25) is 0 Å². The fraction of sp³-hybridized carbons (Fsp3) is 0.389. The highest BCUT2D eigenvalue weighted by Gasteiger charge is 2.33. The molecule has 0 aliphatic carbocycles. The number of benzene rings is 1. The van der Waals surface area contributed by atoms with Crippen molar-refractivity contribution in [1.29, 1.82) is 0 Å². The third kappa shape index (κ3) is 2.68. The summed E-state index contributed by atoms with van der Waals surface area (Å²) in [5, 5.41) is 0.763. The highest BCUT2D eigenvalue weighted by Crippen LogP contribution is 2.28. The van der Waals surface area contributed by atoms with Crippen LogP contribution in [0, 0.1) is 6.92 Å². The van der Waals surface area contributed by atoms with Crippen molar-refractivity contribution >= 4 is 22.9 Å². The zero-order valence-electron chi connectivity index (χ0n) is 14.3. The lowest BCUT2D eigenvalue weighted by Crippen LogP contribution is -2.31. The van der Waals surface area contributed by atoms with Gasteiger partial charge in [0.2, 0.25) is 0 Å². The molecule has 0 spiro atoms. The maximum atomic E-state index is 12.1. The molecule has 24 heavy (non-hydrogen) atoms. The first kappa shape index (κ1) is 16.2. The van der Waals surface area contributed by atoms with E-state index >= 15 is 0 Å². The molecule has 3 amide bonds. The predicted octanol–water partition coefficient (Wildman–Crippen LogP) is 2.62. The second-order valence-electron chi connectivity index (χ2n) is 6.57. The summed E-state index contributed by atoms with van der Waals surface area (Å²) in [4.78, 5) is 38.5. The van der Waals surface area contributed by atoms with Gasteiger partial charge in [-0.1, -0.05) is 13.8 Å². The molecule has 1 fully saturated rings. The van der Waals surface area contributed by atoms with Crippen molar-refractivity contribution in [2.24, 2.45) is 0 Å². The number of fused-ring (bicyclic) bond motifs is 1. The van der Waals surface area contributed by atoms with Gasteiger partial charge < -0.3 is 9.32 Å². The van der Waals surface area contributed by atoms with Gasteiger partial charge >= 0.3 is 11.7 Å². The summed E-state index contributed by atoms with van der Waals surface area (Å²) in [6, 6.07) is 4.84. The fourth-order valence-corrected chi connectivity index (χ4v) is 3.14. The average Bonchev–Trinajstić information content (AvgIpc) is 2.72. The van der Waals surface area contributed by atoms with Crippen LogP contribution in [0.4, 0.5) is 4.79 Å². The van der Waals surface area contributed by atoms with Crippen LogP contribution < -0.4 is 5.63 Å². The maximum absolute atomic E-state index is 12.1. The molecule has 0 unspecified atom stereocenters. The van der Waals surface area contributed by atoms with Crippen molar-refractivity contribution in [2.45, 2.75) is 33.2 Å². The topological polar surface area (TPSA) is 70.8 Å². The number of likely N-dealkylation sites (N-methyl/N-ethyl adjacent to an activating group) is 1. The third-order valence-corrected chi connectivity index (χ3v) is 4.40. The largest absolute Gasteiger partial charge is 0.423 e. The van der Waals surface area contributed by atoms with Gasteiger partial charge in [0.25, 0.3) is 5.91 Å². The Morgan fingerprint density at radius 2 is 1.88 bits per heavy atom. The molecule has 1 aromatic heterocycles. The zero-order chi connectivity index (χ0) is 17.6. The number of aryl methyl sites for hydroxylation is 1. The predicted molar refractivity (Wildman–Crippen MR) is 89.9 cm³/mol. The van der Waals surface area contributed by atoms with Gasteiger partial charge in [-0.25, -0.2) is 9.59 Å². The molecule has 2 heterocycles. The number of urea groups is 1.